The molecule has 1 amide bonds. The summed E-state index contributed by atoms with van der Waals surface area (Å²) in [6, 6.07) is 0.322. The molecular weight excluding hydrogens is 405 g/mol. The first-order valence-corrected chi connectivity index (χ1v) is 9.25. The Morgan fingerprint density at radius 3 is 2.50 bits per heavy atom. The number of carboxylic acid groups (broad SMARTS) is 1. The topological polar surface area (TPSA) is 122 Å². The van der Waals surface area contributed by atoms with Crippen LogP contribution < -0.4 is 5.73 Å². The van der Waals surface area contributed by atoms with Crippen molar-refractivity contribution in [2.24, 2.45) is 5.73 Å². The summed E-state index contributed by atoms with van der Waals surface area (Å²) in [5, 5.41) is 19.2. The molecule has 162 valence electrons. The summed E-state index contributed by atoms with van der Waals surface area (Å²) in [6.07, 6.45) is -1.38. The van der Waals surface area contributed by atoms with Crippen molar-refractivity contribution >= 4 is 11.9 Å². The van der Waals surface area contributed by atoms with Crippen molar-refractivity contribution in [1.82, 2.24) is 14.5 Å². The summed E-state index contributed by atoms with van der Waals surface area (Å²) in [4.78, 5) is 29.4. The molecule has 8 nitrogen and oxygen atoms in total. The van der Waals surface area contributed by atoms with E-state index in [1.807, 2.05) is 0 Å². The zero-order chi connectivity index (χ0) is 22.2. The van der Waals surface area contributed by atoms with Crippen molar-refractivity contribution < 1.29 is 33.0 Å². The molecule has 3 rings (SSSR count). The summed E-state index contributed by atoms with van der Waals surface area (Å²) >= 11 is 0. The van der Waals surface area contributed by atoms with E-state index in [4.69, 9.17) is 5.73 Å². The van der Waals surface area contributed by atoms with Crippen molar-refractivity contribution in [3.8, 4) is 0 Å². The molecule has 2 heterocycles. The molecule has 0 aliphatic carbocycles. The Kier molecular flexibility index (Phi) is 6.13. The third kappa shape index (κ3) is 4.31. The van der Waals surface area contributed by atoms with E-state index in [1.165, 1.54) is 11.8 Å². The number of nitrogens with zero attached hydrogens (tertiary/aromatic N) is 3. The van der Waals surface area contributed by atoms with Crippen LogP contribution in [0.1, 0.15) is 47.0 Å². The molecule has 2 atom stereocenters. The summed E-state index contributed by atoms with van der Waals surface area (Å²) < 4.78 is 41.7. The highest BCUT2D eigenvalue weighted by atomic mass is 19.2. The zero-order valence-corrected chi connectivity index (χ0v) is 16.1. The molecular formula is C19H21F3N4O4. The van der Waals surface area contributed by atoms with E-state index in [9.17, 15) is 33.0 Å². The molecule has 1 unspecified atom stereocenters. The lowest BCUT2D eigenvalue weighted by Gasteiger charge is -2.29. The number of hydrogen-bond donors (Lipinski definition) is 3. The largest absolute Gasteiger partial charge is 0.476 e. The van der Waals surface area contributed by atoms with Gasteiger partial charge in [0, 0.05) is 31.6 Å². The first-order valence-electron chi connectivity index (χ1n) is 9.25. The van der Waals surface area contributed by atoms with Crippen LogP contribution in [0.15, 0.2) is 12.1 Å². The minimum absolute atomic E-state index is 0.0259. The average Bonchev–Trinajstić information content (AvgIpc) is 3.05. The van der Waals surface area contributed by atoms with Crippen LogP contribution in [0.2, 0.25) is 0 Å². The number of carbonyl (C=O) groups is 2. The highest BCUT2D eigenvalue weighted by Crippen LogP contribution is 2.24. The molecule has 11 heteroatoms. The molecule has 0 saturated carbocycles. The lowest BCUT2D eigenvalue weighted by Crippen LogP contribution is -2.41. The fraction of sp³-hybridized carbons (Fsp3) is 0.421. The number of carbonyl (C=O) groups excluding carboxylic acids is 1. The third-order valence-electron chi connectivity index (χ3n) is 4.97. The first kappa shape index (κ1) is 21.8. The van der Waals surface area contributed by atoms with Gasteiger partial charge < -0.3 is 25.4 Å². The van der Waals surface area contributed by atoms with Crippen LogP contribution in [-0.4, -0.2) is 49.1 Å². The highest BCUT2D eigenvalue weighted by Gasteiger charge is 2.30. The molecule has 30 heavy (non-hydrogen) atoms. The lowest BCUT2D eigenvalue weighted by atomic mass is 10.0. The molecule has 0 radical (unpaired) electrons. The molecule has 0 bridgehead atoms. The van der Waals surface area contributed by atoms with Gasteiger partial charge in [-0.2, -0.15) is 0 Å². The Labute approximate surface area is 169 Å². The fourth-order valence-electron chi connectivity index (χ4n) is 3.58. The number of carboxylic acids is 1. The number of aliphatic hydroxyl groups excluding tert-OH is 1. The SMILES string of the molecule is CC(O)c1c(C(=O)O)nc2n1CCN(C(=O)C[C@H](N)Cc1cc(F)c(F)cc1F)C2. The maximum Gasteiger partial charge on any atom is 0.356 e. The standard InChI is InChI=1S/C19H21F3N4O4/c1-9(27)18-17(19(29)30)24-15-8-25(2-3-26(15)18)16(28)6-11(23)4-10-5-13(21)14(22)7-12(10)20/h5,7,9,11,27H,2-4,6,8,23H2,1H3,(H,29,30)/t9?,11-/m1/s1. The Morgan fingerprint density at radius 2 is 1.87 bits per heavy atom. The van der Waals surface area contributed by atoms with Crippen LogP contribution in [0.25, 0.3) is 0 Å². The van der Waals surface area contributed by atoms with Gasteiger partial charge in [-0.05, 0) is 25.0 Å². The number of aromatic nitrogens is 2. The summed E-state index contributed by atoms with van der Waals surface area (Å²) in [7, 11) is 0. The molecule has 1 aliphatic heterocycles. The molecule has 0 saturated heterocycles. The Morgan fingerprint density at radius 1 is 1.20 bits per heavy atom. The monoisotopic (exact) mass is 426 g/mol. The molecule has 0 fully saturated rings. The first-order chi connectivity index (χ1) is 14.1. The number of aromatic carboxylic acids is 1. The van der Waals surface area contributed by atoms with Gasteiger partial charge in [0.2, 0.25) is 5.91 Å². The number of imidazole rings is 1. The fourth-order valence-corrected chi connectivity index (χ4v) is 3.58. The minimum atomic E-state index is -1.30. The lowest BCUT2D eigenvalue weighted by molar-refractivity contribution is -0.133. The number of fused-ring (bicyclic) bond motifs is 1. The van der Waals surface area contributed by atoms with Gasteiger partial charge in [0.15, 0.2) is 17.3 Å². The number of rotatable bonds is 6. The van der Waals surface area contributed by atoms with Crippen LogP contribution in [0, 0.1) is 17.5 Å². The van der Waals surface area contributed by atoms with E-state index in [0.29, 0.717) is 11.9 Å². The van der Waals surface area contributed by atoms with Crippen LogP contribution in [0.4, 0.5) is 13.2 Å². The number of halogens is 3. The van der Waals surface area contributed by atoms with Crippen molar-refractivity contribution in [3.63, 3.8) is 0 Å². The minimum Gasteiger partial charge on any atom is -0.476 e. The van der Waals surface area contributed by atoms with E-state index in [-0.39, 0.29) is 55.3 Å². The average molecular weight is 426 g/mol. The van der Waals surface area contributed by atoms with Gasteiger partial charge in [0.1, 0.15) is 11.6 Å². The molecule has 4 N–H and O–H groups in total. The third-order valence-corrected chi connectivity index (χ3v) is 4.97. The Bertz CT molecular complexity index is 993. The maximum absolute atomic E-state index is 13.8. The second kappa shape index (κ2) is 8.44. The number of benzene rings is 1. The van der Waals surface area contributed by atoms with Gasteiger partial charge >= 0.3 is 5.97 Å². The molecule has 0 spiro atoms. The van der Waals surface area contributed by atoms with E-state index in [2.05, 4.69) is 4.98 Å². The van der Waals surface area contributed by atoms with Crippen LogP contribution >= 0.6 is 0 Å². The zero-order valence-electron chi connectivity index (χ0n) is 16.1. The van der Waals surface area contributed by atoms with Crippen LogP contribution in [-0.2, 0) is 24.3 Å². The van der Waals surface area contributed by atoms with Crippen LogP contribution in [0.5, 0.6) is 0 Å². The molecule has 1 aromatic heterocycles. The maximum atomic E-state index is 13.8. The van der Waals surface area contributed by atoms with Gasteiger partial charge in [-0.25, -0.2) is 22.9 Å². The second-order valence-corrected chi connectivity index (χ2v) is 7.24. The highest BCUT2D eigenvalue weighted by molar-refractivity contribution is 5.87. The van der Waals surface area contributed by atoms with E-state index in [1.54, 1.807) is 4.57 Å². The van der Waals surface area contributed by atoms with Gasteiger partial charge in [0.05, 0.1) is 18.3 Å². The van der Waals surface area contributed by atoms with Crippen molar-refractivity contribution in [3.05, 3.63) is 52.4 Å². The number of aliphatic hydroxyl groups is 1. The van der Waals surface area contributed by atoms with Crippen LogP contribution in [0.3, 0.4) is 0 Å². The summed E-state index contributed by atoms with van der Waals surface area (Å²) in [5.41, 5.74) is 5.69. The molecule has 1 aliphatic rings. The summed E-state index contributed by atoms with van der Waals surface area (Å²) in [6.45, 7) is 1.95. The van der Waals surface area contributed by atoms with E-state index in [0.717, 1.165) is 6.07 Å². The molecule has 2 aromatic rings. The smallest absolute Gasteiger partial charge is 0.356 e. The Balaban J connectivity index is 1.69. The predicted octanol–water partition coefficient (Wildman–Crippen LogP) is 1.35. The predicted molar refractivity (Wildman–Crippen MR) is 97.8 cm³/mol. The van der Waals surface area contributed by atoms with Crippen molar-refractivity contribution in [2.45, 2.75) is 45.0 Å². The Hall–Kier alpha value is -2.92. The number of amides is 1. The van der Waals surface area contributed by atoms with Gasteiger partial charge in [-0.3, -0.25) is 4.79 Å². The van der Waals surface area contributed by atoms with Gasteiger partial charge in [-0.15, -0.1) is 0 Å². The number of hydrogen-bond acceptors (Lipinski definition) is 5. The van der Waals surface area contributed by atoms with Gasteiger partial charge in [-0.1, -0.05) is 0 Å². The van der Waals surface area contributed by atoms with Crippen molar-refractivity contribution in [2.75, 3.05) is 6.54 Å². The van der Waals surface area contributed by atoms with E-state index < -0.39 is 35.6 Å². The number of nitrogens with two attached hydrogens (primary N) is 1. The van der Waals surface area contributed by atoms with Gasteiger partial charge in [0.25, 0.3) is 0 Å². The molecule has 1 aromatic carbocycles. The van der Waals surface area contributed by atoms with E-state index >= 15 is 0 Å². The van der Waals surface area contributed by atoms with Crippen molar-refractivity contribution in [1.29, 1.82) is 0 Å². The normalized spacial score (nSPS) is 15.6. The second-order valence-electron chi connectivity index (χ2n) is 7.24. The summed E-state index contributed by atoms with van der Waals surface area (Å²) in [5.74, 6) is -4.76. The quantitative estimate of drug-likeness (QED) is 0.600.